The van der Waals surface area contributed by atoms with Crippen LogP contribution >= 0.6 is 0 Å². The van der Waals surface area contributed by atoms with Crippen LogP contribution in [-0.2, 0) is 9.59 Å². The highest BCUT2D eigenvalue weighted by Crippen LogP contribution is 2.41. The predicted octanol–water partition coefficient (Wildman–Crippen LogP) is 8.18. The summed E-state index contributed by atoms with van der Waals surface area (Å²) in [7, 11) is 0. The van der Waals surface area contributed by atoms with Crippen molar-refractivity contribution < 1.29 is 9.59 Å². The van der Waals surface area contributed by atoms with Crippen LogP contribution in [-0.4, -0.2) is 23.9 Å². The van der Waals surface area contributed by atoms with Crippen molar-refractivity contribution in [3.05, 3.63) is 24.3 Å². The Hall–Kier alpha value is -1.84. The molecule has 0 atom stereocenters. The first kappa shape index (κ1) is 25.8. The van der Waals surface area contributed by atoms with Crippen molar-refractivity contribution in [2.75, 3.05) is 9.80 Å². The van der Waals surface area contributed by atoms with Crippen LogP contribution in [0, 0.1) is 11.8 Å². The molecule has 0 aliphatic heterocycles. The molecule has 4 aliphatic rings. The van der Waals surface area contributed by atoms with Crippen molar-refractivity contribution in [3.63, 3.8) is 0 Å². The molecule has 0 bridgehead atoms. The van der Waals surface area contributed by atoms with Crippen molar-refractivity contribution in [2.24, 2.45) is 11.8 Å². The lowest BCUT2D eigenvalue weighted by Gasteiger charge is -2.42. The van der Waals surface area contributed by atoms with Gasteiger partial charge in [-0.1, -0.05) is 89.2 Å². The molecule has 0 saturated heterocycles. The van der Waals surface area contributed by atoms with Crippen LogP contribution in [0.2, 0.25) is 0 Å². The molecule has 0 heterocycles. The van der Waals surface area contributed by atoms with E-state index < -0.39 is 0 Å². The SMILES string of the molecule is O=C(C1CCCCC1)N(c1ccccc1N(C(=O)C1CCCCC1)C1CCCCC1)C1CCCCC1. The Morgan fingerprint density at radius 3 is 1.11 bits per heavy atom. The molecular weight excluding hydrogens is 444 g/mol. The summed E-state index contributed by atoms with van der Waals surface area (Å²) in [5.41, 5.74) is 2.05. The van der Waals surface area contributed by atoms with Crippen LogP contribution in [0.1, 0.15) is 128 Å². The molecule has 4 aliphatic carbocycles. The number of amides is 2. The molecule has 0 aromatic heterocycles. The summed E-state index contributed by atoms with van der Waals surface area (Å²) in [6.45, 7) is 0. The van der Waals surface area contributed by atoms with Gasteiger partial charge in [0.1, 0.15) is 0 Å². The second-order valence-electron chi connectivity index (χ2n) is 12.2. The van der Waals surface area contributed by atoms with Crippen LogP contribution in [0.25, 0.3) is 0 Å². The summed E-state index contributed by atoms with van der Waals surface area (Å²) in [4.78, 5) is 32.9. The smallest absolute Gasteiger partial charge is 0.230 e. The summed E-state index contributed by atoms with van der Waals surface area (Å²) >= 11 is 0. The number of hydrogen-bond donors (Lipinski definition) is 0. The largest absolute Gasteiger partial charge is 0.307 e. The summed E-state index contributed by atoms with van der Waals surface area (Å²) < 4.78 is 0. The van der Waals surface area contributed by atoms with Crippen LogP contribution < -0.4 is 9.80 Å². The molecule has 4 heteroatoms. The summed E-state index contributed by atoms with van der Waals surface area (Å²) in [5, 5.41) is 0. The number of rotatable bonds is 6. The number of nitrogens with zero attached hydrogens (tertiary/aromatic N) is 2. The van der Waals surface area contributed by atoms with Crippen molar-refractivity contribution >= 4 is 23.2 Å². The summed E-state index contributed by atoms with van der Waals surface area (Å²) in [6.07, 6.45) is 23.0. The number of anilines is 2. The van der Waals surface area contributed by atoms with E-state index >= 15 is 0 Å². The Kier molecular flexibility index (Phi) is 9.03. The molecule has 2 amide bonds. The Morgan fingerprint density at radius 1 is 0.472 bits per heavy atom. The first-order chi connectivity index (χ1) is 17.7. The minimum atomic E-state index is 0.144. The molecule has 0 unspecified atom stereocenters. The van der Waals surface area contributed by atoms with E-state index in [1.807, 2.05) is 0 Å². The zero-order valence-corrected chi connectivity index (χ0v) is 22.5. The molecule has 0 radical (unpaired) electrons. The van der Waals surface area contributed by atoms with Gasteiger partial charge in [0, 0.05) is 23.9 Å². The topological polar surface area (TPSA) is 40.6 Å². The first-order valence-corrected chi connectivity index (χ1v) is 15.5. The van der Waals surface area contributed by atoms with E-state index in [-0.39, 0.29) is 23.9 Å². The third-order valence-electron chi connectivity index (χ3n) is 9.66. The quantitative estimate of drug-likeness (QED) is 0.402. The molecular formula is C32H48N2O2. The fraction of sp³-hybridized carbons (Fsp3) is 0.750. The van der Waals surface area contributed by atoms with Gasteiger partial charge in [0.15, 0.2) is 0 Å². The minimum absolute atomic E-state index is 0.144. The highest BCUT2D eigenvalue weighted by atomic mass is 16.2. The number of carbonyl (C=O) groups is 2. The van der Waals surface area contributed by atoms with Crippen LogP contribution in [0.15, 0.2) is 24.3 Å². The summed E-state index contributed by atoms with van der Waals surface area (Å²) in [6, 6.07) is 9.04. The van der Waals surface area contributed by atoms with Crippen molar-refractivity contribution in [1.29, 1.82) is 0 Å². The van der Waals surface area contributed by atoms with E-state index in [2.05, 4.69) is 34.1 Å². The molecule has 4 saturated carbocycles. The number of benzene rings is 1. The molecule has 5 rings (SSSR count). The van der Waals surface area contributed by atoms with Crippen LogP contribution in [0.4, 0.5) is 11.4 Å². The van der Waals surface area contributed by atoms with Crippen LogP contribution in [0.5, 0.6) is 0 Å². The lowest BCUT2D eigenvalue weighted by atomic mass is 9.85. The average Bonchev–Trinajstić information content (AvgIpc) is 2.96. The first-order valence-electron chi connectivity index (χ1n) is 15.5. The van der Waals surface area contributed by atoms with Gasteiger partial charge >= 0.3 is 0 Å². The lowest BCUT2D eigenvalue weighted by Crippen LogP contribution is -2.49. The van der Waals surface area contributed by atoms with E-state index in [1.54, 1.807) is 0 Å². The van der Waals surface area contributed by atoms with Gasteiger partial charge in [-0.15, -0.1) is 0 Å². The van der Waals surface area contributed by atoms with Crippen LogP contribution in [0.3, 0.4) is 0 Å². The van der Waals surface area contributed by atoms with Gasteiger partial charge in [0.25, 0.3) is 0 Å². The maximum absolute atomic E-state index is 14.2. The zero-order chi connectivity index (χ0) is 24.7. The fourth-order valence-corrected chi connectivity index (χ4v) is 7.63. The number of carbonyl (C=O) groups excluding carboxylic acids is 2. The number of hydrogen-bond acceptors (Lipinski definition) is 2. The standard InChI is InChI=1S/C32H48N2O2/c35-31(25-15-5-1-6-16-25)33(27-19-9-3-10-20-27)29-23-13-14-24-30(29)34(28-21-11-4-12-22-28)32(36)26-17-7-2-8-18-26/h13-14,23-28H,1-12,15-22H2. The van der Waals surface area contributed by atoms with Gasteiger partial charge in [-0.05, 0) is 63.5 Å². The Bertz CT molecular complexity index is 788. The molecule has 36 heavy (non-hydrogen) atoms. The third kappa shape index (κ3) is 5.83. The number of para-hydroxylation sites is 2. The molecule has 0 spiro atoms. The van der Waals surface area contributed by atoms with Gasteiger partial charge < -0.3 is 9.80 Å². The Balaban J connectivity index is 1.53. The predicted molar refractivity (Wildman–Crippen MR) is 148 cm³/mol. The average molecular weight is 493 g/mol. The highest BCUT2D eigenvalue weighted by molar-refractivity contribution is 6.04. The second kappa shape index (κ2) is 12.6. The van der Waals surface area contributed by atoms with E-state index in [9.17, 15) is 9.59 Å². The molecule has 198 valence electrons. The molecule has 1 aromatic rings. The van der Waals surface area contributed by atoms with Crippen molar-refractivity contribution in [1.82, 2.24) is 0 Å². The van der Waals surface area contributed by atoms with Gasteiger partial charge in [-0.25, -0.2) is 0 Å². The maximum Gasteiger partial charge on any atom is 0.230 e. The van der Waals surface area contributed by atoms with E-state index in [0.29, 0.717) is 11.8 Å². The second-order valence-corrected chi connectivity index (χ2v) is 12.2. The zero-order valence-electron chi connectivity index (χ0n) is 22.5. The van der Waals surface area contributed by atoms with Gasteiger partial charge in [0.2, 0.25) is 11.8 Å². The third-order valence-corrected chi connectivity index (χ3v) is 9.66. The van der Waals surface area contributed by atoms with Gasteiger partial charge in [-0.3, -0.25) is 9.59 Å². The van der Waals surface area contributed by atoms with Crippen molar-refractivity contribution in [2.45, 2.75) is 141 Å². The lowest BCUT2D eigenvalue weighted by molar-refractivity contribution is -0.125. The molecule has 1 aromatic carbocycles. The molecule has 4 fully saturated rings. The summed E-state index contributed by atoms with van der Waals surface area (Å²) in [5.74, 6) is 0.960. The Morgan fingerprint density at radius 2 is 0.778 bits per heavy atom. The minimum Gasteiger partial charge on any atom is -0.307 e. The highest BCUT2D eigenvalue weighted by Gasteiger charge is 2.38. The monoisotopic (exact) mass is 492 g/mol. The molecule has 4 nitrogen and oxygen atoms in total. The van der Waals surface area contributed by atoms with Gasteiger partial charge in [-0.2, -0.15) is 0 Å². The Labute approximate surface area is 219 Å². The van der Waals surface area contributed by atoms with Crippen molar-refractivity contribution in [3.8, 4) is 0 Å². The van der Waals surface area contributed by atoms with Gasteiger partial charge in [0.05, 0.1) is 11.4 Å². The van der Waals surface area contributed by atoms with E-state index in [0.717, 1.165) is 62.7 Å². The molecule has 0 N–H and O–H groups in total. The normalized spacial score (nSPS) is 23.3. The van der Waals surface area contributed by atoms with E-state index in [4.69, 9.17) is 0 Å². The maximum atomic E-state index is 14.2. The fourth-order valence-electron chi connectivity index (χ4n) is 7.63. The van der Waals surface area contributed by atoms with E-state index in [1.165, 1.54) is 77.0 Å².